The number of hydrogen-bond donors (Lipinski definition) is 1. The van der Waals surface area contributed by atoms with Crippen molar-refractivity contribution in [2.45, 2.75) is 63.3 Å². The number of nitrogens with one attached hydrogen (secondary N) is 1. The number of esters is 1. The molecule has 1 heterocycles. The van der Waals surface area contributed by atoms with Gasteiger partial charge in [-0.15, -0.1) is 0 Å². The SMILES string of the molecule is COC(=O)C1(NC(C)C)CCCC(OC2COC2)C1. The quantitative estimate of drug-likeness (QED) is 0.763. The number of ether oxygens (including phenoxy) is 3. The van der Waals surface area contributed by atoms with Gasteiger partial charge in [0.15, 0.2) is 0 Å². The van der Waals surface area contributed by atoms with Gasteiger partial charge in [-0.05, 0) is 33.1 Å². The van der Waals surface area contributed by atoms with Crippen molar-refractivity contribution in [2.75, 3.05) is 20.3 Å². The maximum absolute atomic E-state index is 12.2. The first-order valence-electron chi connectivity index (χ1n) is 7.15. The van der Waals surface area contributed by atoms with E-state index in [0.717, 1.165) is 19.3 Å². The topological polar surface area (TPSA) is 56.8 Å². The lowest BCUT2D eigenvalue weighted by atomic mass is 9.79. The molecule has 0 aromatic rings. The fourth-order valence-corrected chi connectivity index (χ4v) is 3.03. The van der Waals surface area contributed by atoms with E-state index in [4.69, 9.17) is 14.2 Å². The van der Waals surface area contributed by atoms with Crippen LogP contribution in [0.2, 0.25) is 0 Å². The van der Waals surface area contributed by atoms with Gasteiger partial charge >= 0.3 is 5.97 Å². The van der Waals surface area contributed by atoms with Crippen molar-refractivity contribution in [3.8, 4) is 0 Å². The van der Waals surface area contributed by atoms with Crippen LogP contribution in [0.25, 0.3) is 0 Å². The summed E-state index contributed by atoms with van der Waals surface area (Å²) in [6.07, 6.45) is 3.82. The third-order valence-electron chi connectivity index (χ3n) is 3.84. The Hall–Kier alpha value is -0.650. The Bertz CT molecular complexity index is 317. The average molecular weight is 271 g/mol. The molecule has 5 heteroatoms. The number of rotatable bonds is 5. The lowest BCUT2D eigenvalue weighted by molar-refractivity contribution is -0.173. The molecule has 0 amide bonds. The normalized spacial score (nSPS) is 32.1. The standard InChI is InChI=1S/C14H25NO4/c1-10(2)15-14(13(16)17-3)6-4-5-11(7-14)19-12-8-18-9-12/h10-12,15H,4-9H2,1-3H3. The Balaban J connectivity index is 2.01. The van der Waals surface area contributed by atoms with Crippen LogP contribution >= 0.6 is 0 Å². The molecule has 2 unspecified atom stereocenters. The minimum absolute atomic E-state index is 0.119. The Labute approximate surface area is 115 Å². The van der Waals surface area contributed by atoms with E-state index in [1.807, 2.05) is 0 Å². The van der Waals surface area contributed by atoms with Crippen molar-refractivity contribution < 1.29 is 19.0 Å². The highest BCUT2D eigenvalue weighted by molar-refractivity contribution is 5.81. The smallest absolute Gasteiger partial charge is 0.326 e. The van der Waals surface area contributed by atoms with E-state index in [0.29, 0.717) is 19.6 Å². The predicted octanol–water partition coefficient (Wildman–Crippen LogP) is 1.25. The van der Waals surface area contributed by atoms with Crippen LogP contribution in [0.1, 0.15) is 39.5 Å². The molecule has 0 radical (unpaired) electrons. The number of carbonyl (C=O) groups is 1. The number of methoxy groups -OCH3 is 1. The molecule has 5 nitrogen and oxygen atoms in total. The highest BCUT2D eigenvalue weighted by atomic mass is 16.6. The first kappa shape index (κ1) is 14.8. The largest absolute Gasteiger partial charge is 0.468 e. The van der Waals surface area contributed by atoms with Gasteiger partial charge in [0.1, 0.15) is 11.6 Å². The van der Waals surface area contributed by atoms with Gasteiger partial charge in [0.05, 0.1) is 26.4 Å². The average Bonchev–Trinajstić information content (AvgIpc) is 2.32. The van der Waals surface area contributed by atoms with E-state index in [-0.39, 0.29) is 24.2 Å². The molecule has 1 N–H and O–H groups in total. The van der Waals surface area contributed by atoms with E-state index >= 15 is 0 Å². The zero-order valence-electron chi connectivity index (χ0n) is 12.1. The number of carbonyl (C=O) groups excluding carboxylic acids is 1. The van der Waals surface area contributed by atoms with Crippen molar-refractivity contribution in [1.29, 1.82) is 0 Å². The zero-order valence-corrected chi connectivity index (χ0v) is 12.1. The molecule has 110 valence electrons. The minimum Gasteiger partial charge on any atom is -0.468 e. The van der Waals surface area contributed by atoms with Gasteiger partial charge in [0, 0.05) is 12.5 Å². The first-order chi connectivity index (χ1) is 9.05. The molecule has 2 fully saturated rings. The van der Waals surface area contributed by atoms with Gasteiger partial charge in [-0.2, -0.15) is 0 Å². The molecule has 2 rings (SSSR count). The van der Waals surface area contributed by atoms with Crippen molar-refractivity contribution in [1.82, 2.24) is 5.32 Å². The summed E-state index contributed by atoms with van der Waals surface area (Å²) in [6, 6.07) is 0.241. The highest BCUT2D eigenvalue weighted by Gasteiger charge is 2.45. The monoisotopic (exact) mass is 271 g/mol. The third kappa shape index (κ3) is 3.46. The van der Waals surface area contributed by atoms with Gasteiger partial charge in [-0.1, -0.05) is 0 Å². The molecular formula is C14H25NO4. The summed E-state index contributed by atoms with van der Waals surface area (Å²) in [7, 11) is 1.45. The summed E-state index contributed by atoms with van der Waals surface area (Å²) in [5.74, 6) is -0.167. The zero-order chi connectivity index (χ0) is 13.9. The summed E-state index contributed by atoms with van der Waals surface area (Å²) in [5.41, 5.74) is -0.587. The second-order valence-electron chi connectivity index (χ2n) is 5.89. The maximum atomic E-state index is 12.2. The Morgan fingerprint density at radius 1 is 1.37 bits per heavy atom. The third-order valence-corrected chi connectivity index (χ3v) is 3.84. The highest BCUT2D eigenvalue weighted by Crippen LogP contribution is 2.33. The van der Waals surface area contributed by atoms with Crippen LogP contribution in [0, 0.1) is 0 Å². The van der Waals surface area contributed by atoms with Crippen LogP contribution in [0.4, 0.5) is 0 Å². The van der Waals surface area contributed by atoms with Gasteiger partial charge < -0.3 is 14.2 Å². The summed E-state index contributed by atoms with van der Waals surface area (Å²) >= 11 is 0. The van der Waals surface area contributed by atoms with E-state index in [1.54, 1.807) is 0 Å². The predicted molar refractivity (Wildman–Crippen MR) is 71.0 cm³/mol. The lowest BCUT2D eigenvalue weighted by Crippen LogP contribution is -2.59. The summed E-state index contributed by atoms with van der Waals surface area (Å²) in [6.45, 7) is 5.46. The van der Waals surface area contributed by atoms with Crippen LogP contribution in [-0.2, 0) is 19.0 Å². The Kier molecular flexibility index (Phi) is 4.81. The van der Waals surface area contributed by atoms with Crippen molar-refractivity contribution in [3.05, 3.63) is 0 Å². The minimum atomic E-state index is -0.587. The summed E-state index contributed by atoms with van der Waals surface area (Å²) in [5, 5.41) is 3.40. The molecular weight excluding hydrogens is 246 g/mol. The molecule has 1 saturated carbocycles. The van der Waals surface area contributed by atoms with Gasteiger partial charge in [-0.3, -0.25) is 10.1 Å². The molecule has 0 aromatic heterocycles. The summed E-state index contributed by atoms with van der Waals surface area (Å²) in [4.78, 5) is 12.2. The van der Waals surface area contributed by atoms with E-state index in [2.05, 4.69) is 19.2 Å². The lowest BCUT2D eigenvalue weighted by Gasteiger charge is -2.42. The maximum Gasteiger partial charge on any atom is 0.326 e. The fourth-order valence-electron chi connectivity index (χ4n) is 3.03. The molecule has 1 saturated heterocycles. The Morgan fingerprint density at radius 2 is 2.11 bits per heavy atom. The molecule has 0 spiro atoms. The van der Waals surface area contributed by atoms with Gasteiger partial charge in [-0.25, -0.2) is 0 Å². The van der Waals surface area contributed by atoms with E-state index in [1.165, 1.54) is 7.11 Å². The van der Waals surface area contributed by atoms with Crippen LogP contribution < -0.4 is 5.32 Å². The van der Waals surface area contributed by atoms with Crippen molar-refractivity contribution in [2.24, 2.45) is 0 Å². The van der Waals surface area contributed by atoms with Crippen molar-refractivity contribution in [3.63, 3.8) is 0 Å². The first-order valence-corrected chi connectivity index (χ1v) is 7.15. The van der Waals surface area contributed by atoms with Gasteiger partial charge in [0.2, 0.25) is 0 Å². The van der Waals surface area contributed by atoms with Crippen LogP contribution in [-0.4, -0.2) is 50.1 Å². The van der Waals surface area contributed by atoms with E-state index in [9.17, 15) is 4.79 Å². The van der Waals surface area contributed by atoms with Crippen molar-refractivity contribution >= 4 is 5.97 Å². The van der Waals surface area contributed by atoms with Crippen LogP contribution in [0.15, 0.2) is 0 Å². The Morgan fingerprint density at radius 3 is 2.63 bits per heavy atom. The van der Waals surface area contributed by atoms with E-state index < -0.39 is 5.54 Å². The molecule has 1 aliphatic carbocycles. The molecule has 0 bridgehead atoms. The second-order valence-corrected chi connectivity index (χ2v) is 5.89. The summed E-state index contributed by atoms with van der Waals surface area (Å²) < 4.78 is 16.1. The molecule has 0 aromatic carbocycles. The number of hydrogen-bond acceptors (Lipinski definition) is 5. The van der Waals surface area contributed by atoms with Crippen LogP contribution in [0.5, 0.6) is 0 Å². The van der Waals surface area contributed by atoms with Gasteiger partial charge in [0.25, 0.3) is 0 Å². The molecule has 19 heavy (non-hydrogen) atoms. The molecule has 2 aliphatic rings. The second kappa shape index (κ2) is 6.20. The fraction of sp³-hybridized carbons (Fsp3) is 0.929. The molecule has 2 atom stereocenters. The van der Waals surface area contributed by atoms with Crippen LogP contribution in [0.3, 0.4) is 0 Å². The molecule has 1 aliphatic heterocycles.